The van der Waals surface area contributed by atoms with Crippen LogP contribution in [0, 0.1) is 0 Å². The molecule has 1 rings (SSSR count). The van der Waals surface area contributed by atoms with Crippen LogP contribution in [-0.4, -0.2) is 21.5 Å². The number of dihydropyridines is 1. The Morgan fingerprint density at radius 1 is 1.67 bits per heavy atom. The van der Waals surface area contributed by atoms with E-state index in [2.05, 4.69) is 16.6 Å². The minimum atomic E-state index is -1.11. The van der Waals surface area contributed by atoms with Gasteiger partial charge in [-0.15, -0.1) is 6.58 Å². The van der Waals surface area contributed by atoms with Crippen LogP contribution in [0.4, 0.5) is 0 Å². The van der Waals surface area contributed by atoms with Gasteiger partial charge in [-0.3, -0.25) is 0 Å². The Balaban J connectivity index is 2.81. The zero-order valence-electron chi connectivity index (χ0n) is 11.1. The van der Waals surface area contributed by atoms with Crippen LogP contribution < -0.4 is 10.0 Å². The van der Waals surface area contributed by atoms with Gasteiger partial charge in [0.2, 0.25) is 0 Å². The molecule has 1 aliphatic heterocycles. The van der Waals surface area contributed by atoms with E-state index in [0.717, 1.165) is 5.57 Å². The van der Waals surface area contributed by atoms with E-state index in [-0.39, 0.29) is 10.8 Å². The van der Waals surface area contributed by atoms with E-state index in [1.165, 1.54) is 0 Å². The van der Waals surface area contributed by atoms with Gasteiger partial charge in [-0.2, -0.15) is 0 Å². The molecule has 0 amide bonds. The summed E-state index contributed by atoms with van der Waals surface area (Å²) in [6, 6.07) is -0.0154. The first-order valence-corrected chi connectivity index (χ1v) is 7.47. The lowest BCUT2D eigenvalue weighted by Crippen LogP contribution is -2.41. The largest absolute Gasteiger partial charge is 0.372 e. The fourth-order valence-corrected chi connectivity index (χ4v) is 2.54. The highest BCUT2D eigenvalue weighted by atomic mass is 35.5. The summed E-state index contributed by atoms with van der Waals surface area (Å²) >= 11 is 5.96. The van der Waals surface area contributed by atoms with Crippen LogP contribution in [0.15, 0.2) is 35.5 Å². The Morgan fingerprint density at radius 3 is 2.83 bits per heavy atom. The van der Waals surface area contributed by atoms with Crippen molar-refractivity contribution in [3.63, 3.8) is 0 Å². The number of nitrogens with one attached hydrogen (secondary N) is 2. The summed E-state index contributed by atoms with van der Waals surface area (Å²) in [5.74, 6) is 0. The molecule has 0 aliphatic carbocycles. The fraction of sp³-hybridized carbons (Fsp3) is 0.538. The molecular formula is C13H21ClN2OS. The molecule has 1 heterocycles. The second kappa shape index (κ2) is 6.55. The van der Waals surface area contributed by atoms with Crippen molar-refractivity contribution >= 4 is 22.6 Å². The van der Waals surface area contributed by atoms with Crippen molar-refractivity contribution in [2.45, 2.75) is 38.0 Å². The molecule has 0 fully saturated rings. The first-order chi connectivity index (χ1) is 8.34. The molecule has 0 radical (unpaired) electrons. The zero-order valence-corrected chi connectivity index (χ0v) is 12.7. The van der Waals surface area contributed by atoms with Gasteiger partial charge in [0.05, 0.1) is 15.7 Å². The Labute approximate surface area is 117 Å². The first kappa shape index (κ1) is 15.5. The van der Waals surface area contributed by atoms with Gasteiger partial charge < -0.3 is 5.32 Å². The summed E-state index contributed by atoms with van der Waals surface area (Å²) in [5, 5.41) is 3.63. The van der Waals surface area contributed by atoms with Crippen LogP contribution >= 0.6 is 11.6 Å². The van der Waals surface area contributed by atoms with E-state index in [0.29, 0.717) is 18.1 Å². The van der Waals surface area contributed by atoms with E-state index in [4.69, 9.17) is 11.6 Å². The predicted molar refractivity (Wildman–Crippen MR) is 79.7 cm³/mol. The summed E-state index contributed by atoms with van der Waals surface area (Å²) < 4.78 is 15.0. The number of hydrogen-bond donors (Lipinski definition) is 2. The molecule has 0 aromatic carbocycles. The number of halogens is 1. The van der Waals surface area contributed by atoms with Crippen molar-refractivity contribution in [2.75, 3.05) is 6.54 Å². The average Bonchev–Trinajstić information content (AvgIpc) is 2.27. The third-order valence-corrected chi connectivity index (χ3v) is 4.37. The molecule has 0 spiro atoms. The maximum Gasteiger partial charge on any atom is 0.102 e. The zero-order chi connectivity index (χ0) is 13.8. The second-order valence-corrected chi connectivity index (χ2v) is 7.56. The molecule has 0 bridgehead atoms. The molecule has 2 N–H and O–H groups in total. The van der Waals surface area contributed by atoms with Crippen molar-refractivity contribution in [2.24, 2.45) is 0 Å². The van der Waals surface area contributed by atoms with Crippen molar-refractivity contribution in [1.82, 2.24) is 10.0 Å². The van der Waals surface area contributed by atoms with E-state index < -0.39 is 11.0 Å². The van der Waals surface area contributed by atoms with E-state index >= 15 is 0 Å². The molecular weight excluding hydrogens is 268 g/mol. The van der Waals surface area contributed by atoms with E-state index in [1.807, 2.05) is 39.0 Å². The van der Waals surface area contributed by atoms with Gasteiger partial charge in [-0.1, -0.05) is 23.8 Å². The molecule has 0 saturated carbocycles. The van der Waals surface area contributed by atoms with E-state index in [9.17, 15) is 4.21 Å². The van der Waals surface area contributed by atoms with Crippen LogP contribution in [0.2, 0.25) is 0 Å². The van der Waals surface area contributed by atoms with Crippen LogP contribution in [0.1, 0.15) is 27.2 Å². The van der Waals surface area contributed by atoms with Gasteiger partial charge in [0.1, 0.15) is 5.16 Å². The third-order valence-electron chi connectivity index (χ3n) is 2.51. The standard InChI is InChI=1S/C13H21ClN2OS/c1-5-6-11(16-18(17)13(2,3)4)10-7-8-15-12(14)9-10/h5,7,9,11,15-16H,1,6,8H2,2-4H3/t11-,18?/m0/s1. The average molecular weight is 289 g/mol. The van der Waals surface area contributed by atoms with Crippen LogP contribution in [0.5, 0.6) is 0 Å². The van der Waals surface area contributed by atoms with Gasteiger partial charge in [-0.25, -0.2) is 8.93 Å². The summed E-state index contributed by atoms with van der Waals surface area (Å²) in [6.07, 6.45) is 6.45. The maximum atomic E-state index is 12.1. The Morgan fingerprint density at radius 2 is 2.33 bits per heavy atom. The monoisotopic (exact) mass is 288 g/mol. The maximum absolute atomic E-state index is 12.1. The molecule has 0 aromatic rings. The molecule has 0 saturated heterocycles. The fourth-order valence-electron chi connectivity index (χ4n) is 1.49. The molecule has 5 heteroatoms. The van der Waals surface area contributed by atoms with Gasteiger partial charge in [0.25, 0.3) is 0 Å². The summed E-state index contributed by atoms with van der Waals surface area (Å²) in [4.78, 5) is 0. The summed E-state index contributed by atoms with van der Waals surface area (Å²) in [5.41, 5.74) is 1.05. The topological polar surface area (TPSA) is 41.1 Å². The molecule has 102 valence electrons. The van der Waals surface area contributed by atoms with Crippen molar-refractivity contribution in [1.29, 1.82) is 0 Å². The van der Waals surface area contributed by atoms with Crippen LogP contribution in [0.25, 0.3) is 0 Å². The van der Waals surface area contributed by atoms with Gasteiger partial charge in [0.15, 0.2) is 0 Å². The van der Waals surface area contributed by atoms with Crippen molar-refractivity contribution in [3.05, 3.63) is 35.5 Å². The highest BCUT2D eigenvalue weighted by Gasteiger charge is 2.24. The van der Waals surface area contributed by atoms with Crippen LogP contribution in [0.3, 0.4) is 0 Å². The number of hydrogen-bond acceptors (Lipinski definition) is 2. The Kier molecular flexibility index (Phi) is 5.63. The minimum Gasteiger partial charge on any atom is -0.372 e. The summed E-state index contributed by atoms with van der Waals surface area (Å²) in [6.45, 7) is 10.3. The van der Waals surface area contributed by atoms with Gasteiger partial charge >= 0.3 is 0 Å². The molecule has 2 atom stereocenters. The number of rotatable bonds is 5. The molecule has 0 aromatic heterocycles. The normalized spacial score (nSPS) is 19.3. The lowest BCUT2D eigenvalue weighted by molar-refractivity contribution is 0.616. The highest BCUT2D eigenvalue weighted by molar-refractivity contribution is 7.84. The molecule has 1 aliphatic rings. The minimum absolute atomic E-state index is 0.0154. The Bertz CT molecular complexity index is 396. The first-order valence-electron chi connectivity index (χ1n) is 5.94. The van der Waals surface area contributed by atoms with Crippen LogP contribution in [-0.2, 0) is 11.0 Å². The molecule has 18 heavy (non-hydrogen) atoms. The quantitative estimate of drug-likeness (QED) is 0.603. The van der Waals surface area contributed by atoms with Gasteiger partial charge in [0, 0.05) is 12.6 Å². The van der Waals surface area contributed by atoms with Crippen molar-refractivity contribution in [3.8, 4) is 0 Å². The third kappa shape index (κ3) is 4.59. The molecule has 3 nitrogen and oxygen atoms in total. The Hall–Kier alpha value is -0.580. The molecule has 1 unspecified atom stereocenters. The lowest BCUT2D eigenvalue weighted by Gasteiger charge is -2.25. The second-order valence-electron chi connectivity index (χ2n) is 5.15. The van der Waals surface area contributed by atoms with Gasteiger partial charge in [-0.05, 0) is 38.8 Å². The highest BCUT2D eigenvalue weighted by Crippen LogP contribution is 2.18. The summed E-state index contributed by atoms with van der Waals surface area (Å²) in [7, 11) is -1.11. The van der Waals surface area contributed by atoms with E-state index in [1.54, 1.807) is 0 Å². The lowest BCUT2D eigenvalue weighted by atomic mass is 10.0. The predicted octanol–water partition coefficient (Wildman–Crippen LogP) is 2.59. The van der Waals surface area contributed by atoms with Crippen molar-refractivity contribution < 1.29 is 4.21 Å². The SMILES string of the molecule is C=CC[C@H](NS(=O)C(C)(C)C)C1=CCNC(Cl)=C1. The smallest absolute Gasteiger partial charge is 0.102 e.